The van der Waals surface area contributed by atoms with Crippen LogP contribution in [0.15, 0.2) is 24.3 Å². The first-order chi connectivity index (χ1) is 18.6. The minimum Gasteiger partial charge on any atom is -0.493 e. The highest BCUT2D eigenvalue weighted by Gasteiger charge is 2.37. The van der Waals surface area contributed by atoms with Crippen LogP contribution in [0.1, 0.15) is 89.4 Å². The molecule has 8 nitrogen and oxygen atoms in total. The molecule has 2 amide bonds. The first-order valence-corrected chi connectivity index (χ1v) is 14.8. The minimum atomic E-state index is -0.861. The van der Waals surface area contributed by atoms with Crippen LogP contribution in [0.5, 0.6) is 5.75 Å². The molecule has 1 saturated carbocycles. The van der Waals surface area contributed by atoms with Gasteiger partial charge in [0.05, 0.1) is 18.3 Å². The van der Waals surface area contributed by atoms with Crippen molar-refractivity contribution in [2.75, 3.05) is 33.4 Å². The van der Waals surface area contributed by atoms with Crippen molar-refractivity contribution in [2.45, 2.75) is 91.2 Å². The summed E-state index contributed by atoms with van der Waals surface area (Å²) in [6, 6.07) is 6.73. The van der Waals surface area contributed by atoms with Crippen molar-refractivity contribution in [2.24, 2.45) is 28.9 Å². The van der Waals surface area contributed by atoms with E-state index >= 15 is 0 Å². The summed E-state index contributed by atoms with van der Waals surface area (Å²) in [5.41, 5.74) is 6.42. The molecule has 5 N–H and O–H groups in total. The number of nitrogens with two attached hydrogens (primary N) is 1. The number of para-hydroxylation sites is 1. The zero-order valence-electron chi connectivity index (χ0n) is 24.8. The standard InChI is InChI=1S/C31H53N3O5/c1-22(2)23(20-33-29(36)25-15-9-10-16-28(25)39-18-12-11-17-38-5)19-26(32)27(35)21-34-30(37)31(3,4)24-13-7-6-8-14-24/h9-10,15-16,22-24,26-27,35H,6-8,11-14,17-21,32H2,1-5H3,(H,33,36)(H,34,37). The van der Waals surface area contributed by atoms with Crippen LogP contribution in [0, 0.1) is 23.2 Å². The van der Waals surface area contributed by atoms with Crippen LogP contribution in [0.25, 0.3) is 0 Å². The number of methoxy groups -OCH3 is 1. The monoisotopic (exact) mass is 547 g/mol. The molecular weight excluding hydrogens is 494 g/mol. The molecule has 0 spiro atoms. The van der Waals surface area contributed by atoms with Gasteiger partial charge in [0.25, 0.3) is 5.91 Å². The Balaban J connectivity index is 1.85. The molecule has 0 heterocycles. The third-order valence-corrected chi connectivity index (χ3v) is 8.35. The van der Waals surface area contributed by atoms with Gasteiger partial charge in [-0.05, 0) is 62.0 Å². The van der Waals surface area contributed by atoms with E-state index in [1.165, 1.54) is 19.3 Å². The Kier molecular flexibility index (Phi) is 14.3. The van der Waals surface area contributed by atoms with E-state index in [9.17, 15) is 14.7 Å². The Labute approximate surface area is 235 Å². The minimum absolute atomic E-state index is 0.0205. The van der Waals surface area contributed by atoms with E-state index in [1.807, 2.05) is 26.0 Å². The zero-order chi connectivity index (χ0) is 28.8. The van der Waals surface area contributed by atoms with Crippen LogP contribution in [-0.4, -0.2) is 62.5 Å². The second-order valence-corrected chi connectivity index (χ2v) is 12.0. The Morgan fingerprint density at radius 3 is 2.38 bits per heavy atom. The second kappa shape index (κ2) is 16.8. The fourth-order valence-corrected chi connectivity index (χ4v) is 5.31. The van der Waals surface area contributed by atoms with E-state index in [0.717, 1.165) is 25.7 Å². The van der Waals surface area contributed by atoms with Crippen LogP contribution in [0.3, 0.4) is 0 Å². The molecule has 1 fully saturated rings. The SMILES string of the molecule is COCCCCOc1ccccc1C(=O)NCC(CC(N)C(O)CNC(=O)C(C)(C)C1CCCCC1)C(C)C. The van der Waals surface area contributed by atoms with Gasteiger partial charge in [0.15, 0.2) is 0 Å². The lowest BCUT2D eigenvalue weighted by molar-refractivity contribution is -0.133. The second-order valence-electron chi connectivity index (χ2n) is 12.0. The van der Waals surface area contributed by atoms with Crippen LogP contribution in [0.2, 0.25) is 0 Å². The lowest BCUT2D eigenvalue weighted by atomic mass is 9.70. The first kappa shape index (κ1) is 33.0. The van der Waals surface area contributed by atoms with Crippen molar-refractivity contribution in [1.82, 2.24) is 10.6 Å². The van der Waals surface area contributed by atoms with Crippen LogP contribution in [0.4, 0.5) is 0 Å². The van der Waals surface area contributed by atoms with E-state index in [-0.39, 0.29) is 30.2 Å². The number of ether oxygens (including phenoxy) is 2. The van der Waals surface area contributed by atoms with Gasteiger partial charge in [0.2, 0.25) is 5.91 Å². The molecular formula is C31H53N3O5. The smallest absolute Gasteiger partial charge is 0.255 e. The lowest BCUT2D eigenvalue weighted by Gasteiger charge is -2.36. The highest BCUT2D eigenvalue weighted by Crippen LogP contribution is 2.38. The van der Waals surface area contributed by atoms with Crippen molar-refractivity contribution in [1.29, 1.82) is 0 Å². The largest absolute Gasteiger partial charge is 0.493 e. The molecule has 0 aromatic heterocycles. The number of carbonyl (C=O) groups excluding carboxylic acids is 2. The van der Waals surface area contributed by atoms with Gasteiger partial charge in [-0.1, -0.05) is 59.1 Å². The molecule has 3 atom stereocenters. The van der Waals surface area contributed by atoms with Gasteiger partial charge >= 0.3 is 0 Å². The molecule has 8 heteroatoms. The molecule has 0 saturated heterocycles. The van der Waals surface area contributed by atoms with E-state index in [0.29, 0.717) is 43.4 Å². The highest BCUT2D eigenvalue weighted by atomic mass is 16.5. The van der Waals surface area contributed by atoms with Gasteiger partial charge in [0, 0.05) is 38.3 Å². The number of rotatable bonds is 17. The number of benzene rings is 1. The molecule has 0 bridgehead atoms. The van der Waals surface area contributed by atoms with Gasteiger partial charge in [-0.3, -0.25) is 9.59 Å². The Morgan fingerprint density at radius 1 is 1.05 bits per heavy atom. The first-order valence-electron chi connectivity index (χ1n) is 14.8. The molecule has 2 rings (SSSR count). The van der Waals surface area contributed by atoms with E-state index in [4.69, 9.17) is 15.2 Å². The molecule has 0 radical (unpaired) electrons. The molecule has 3 unspecified atom stereocenters. The van der Waals surface area contributed by atoms with Crippen molar-refractivity contribution in [3.8, 4) is 5.75 Å². The summed E-state index contributed by atoms with van der Waals surface area (Å²) < 4.78 is 10.9. The number of aliphatic hydroxyl groups excluding tert-OH is 1. The van der Waals surface area contributed by atoms with Crippen LogP contribution >= 0.6 is 0 Å². The topological polar surface area (TPSA) is 123 Å². The molecule has 0 aliphatic heterocycles. The average molecular weight is 548 g/mol. The Bertz CT molecular complexity index is 870. The Hall–Kier alpha value is -2.16. The number of nitrogens with one attached hydrogen (secondary N) is 2. The molecule has 1 aliphatic carbocycles. The maximum absolute atomic E-state index is 13.0. The van der Waals surface area contributed by atoms with Crippen molar-refractivity contribution >= 4 is 11.8 Å². The Morgan fingerprint density at radius 2 is 1.72 bits per heavy atom. The summed E-state index contributed by atoms with van der Waals surface area (Å²) >= 11 is 0. The van der Waals surface area contributed by atoms with E-state index in [2.05, 4.69) is 24.5 Å². The predicted octanol–water partition coefficient (Wildman–Crippen LogP) is 4.30. The molecule has 222 valence electrons. The summed E-state index contributed by atoms with van der Waals surface area (Å²) in [6.45, 7) is 9.94. The van der Waals surface area contributed by atoms with Gasteiger partial charge in [0.1, 0.15) is 5.75 Å². The van der Waals surface area contributed by atoms with Crippen LogP contribution < -0.4 is 21.1 Å². The van der Waals surface area contributed by atoms with Crippen molar-refractivity contribution < 1.29 is 24.2 Å². The molecule has 1 aromatic carbocycles. The summed E-state index contributed by atoms with van der Waals surface area (Å²) in [5.74, 6) is 1.03. The number of hydrogen-bond acceptors (Lipinski definition) is 6. The number of amides is 2. The normalized spacial score (nSPS) is 16.9. The summed E-state index contributed by atoms with van der Waals surface area (Å²) in [7, 11) is 1.68. The molecule has 1 aliphatic rings. The average Bonchev–Trinajstić information content (AvgIpc) is 2.93. The van der Waals surface area contributed by atoms with Crippen molar-refractivity contribution in [3.63, 3.8) is 0 Å². The summed E-state index contributed by atoms with van der Waals surface area (Å²) in [6.07, 6.45) is 7.16. The third-order valence-electron chi connectivity index (χ3n) is 8.35. The zero-order valence-corrected chi connectivity index (χ0v) is 24.8. The number of unbranched alkanes of at least 4 members (excludes halogenated alkanes) is 1. The van der Waals surface area contributed by atoms with Crippen LogP contribution in [-0.2, 0) is 9.53 Å². The number of hydrogen-bond donors (Lipinski definition) is 4. The van der Waals surface area contributed by atoms with E-state index < -0.39 is 17.6 Å². The molecule has 1 aromatic rings. The predicted molar refractivity (Wildman–Crippen MR) is 156 cm³/mol. The summed E-state index contributed by atoms with van der Waals surface area (Å²) in [5, 5.41) is 16.7. The maximum atomic E-state index is 13.0. The van der Waals surface area contributed by atoms with Gasteiger partial charge in [-0.25, -0.2) is 0 Å². The van der Waals surface area contributed by atoms with Crippen molar-refractivity contribution in [3.05, 3.63) is 29.8 Å². The third kappa shape index (κ3) is 10.7. The van der Waals surface area contributed by atoms with Gasteiger partial charge < -0.3 is 30.9 Å². The highest BCUT2D eigenvalue weighted by molar-refractivity contribution is 5.96. The number of aliphatic hydroxyl groups is 1. The summed E-state index contributed by atoms with van der Waals surface area (Å²) in [4.78, 5) is 26.0. The fraction of sp³-hybridized carbons (Fsp3) is 0.742. The fourth-order valence-electron chi connectivity index (χ4n) is 5.31. The maximum Gasteiger partial charge on any atom is 0.255 e. The van der Waals surface area contributed by atoms with E-state index in [1.54, 1.807) is 19.2 Å². The lowest BCUT2D eigenvalue weighted by Crippen LogP contribution is -2.49. The quantitative estimate of drug-likeness (QED) is 0.216. The molecule has 39 heavy (non-hydrogen) atoms. The number of carbonyl (C=O) groups is 2. The van der Waals surface area contributed by atoms with Gasteiger partial charge in [-0.15, -0.1) is 0 Å². The van der Waals surface area contributed by atoms with Gasteiger partial charge in [-0.2, -0.15) is 0 Å².